The maximum absolute atomic E-state index is 12.2. The summed E-state index contributed by atoms with van der Waals surface area (Å²) in [7, 11) is -0.183. The van der Waals surface area contributed by atoms with Crippen molar-refractivity contribution in [2.45, 2.75) is 12.5 Å². The van der Waals surface area contributed by atoms with Gasteiger partial charge in [0.1, 0.15) is 5.75 Å². The number of benzene rings is 1. The maximum atomic E-state index is 12.2. The van der Waals surface area contributed by atoms with Crippen molar-refractivity contribution in [3.05, 3.63) is 28.2 Å². The predicted molar refractivity (Wildman–Crippen MR) is 90.8 cm³/mol. The zero-order chi connectivity index (χ0) is 17.9. The summed E-state index contributed by atoms with van der Waals surface area (Å²) in [5.41, 5.74) is 0.358. The van der Waals surface area contributed by atoms with Crippen LogP contribution in [-0.4, -0.2) is 63.5 Å². The van der Waals surface area contributed by atoms with Crippen molar-refractivity contribution in [3.63, 3.8) is 0 Å². The van der Waals surface area contributed by atoms with Gasteiger partial charge in [0.05, 0.1) is 28.7 Å². The van der Waals surface area contributed by atoms with E-state index >= 15 is 0 Å². The lowest BCUT2D eigenvalue weighted by Crippen LogP contribution is -2.40. The number of carbonyl (C=O) groups excluding carboxylic acids is 2. The van der Waals surface area contributed by atoms with E-state index in [9.17, 15) is 18.0 Å². The van der Waals surface area contributed by atoms with Crippen molar-refractivity contribution in [1.82, 2.24) is 4.90 Å². The Bertz CT molecular complexity index is 748. The molecule has 0 spiro atoms. The van der Waals surface area contributed by atoms with E-state index in [1.54, 1.807) is 19.2 Å². The molecule has 0 bridgehead atoms. The second-order valence-corrected chi connectivity index (χ2v) is 8.57. The summed E-state index contributed by atoms with van der Waals surface area (Å²) in [6, 6.07) is 4.32. The van der Waals surface area contributed by atoms with Gasteiger partial charge >= 0.3 is 5.97 Å². The Hall–Kier alpha value is -1.61. The van der Waals surface area contributed by atoms with E-state index in [0.29, 0.717) is 22.2 Å². The largest absolute Gasteiger partial charge is 0.483 e. The second-order valence-electron chi connectivity index (χ2n) is 5.49. The number of methoxy groups -OCH3 is 1. The first kappa shape index (κ1) is 18.7. The molecule has 1 heterocycles. The van der Waals surface area contributed by atoms with E-state index < -0.39 is 15.8 Å². The smallest absolute Gasteiger partial charge is 0.337 e. The van der Waals surface area contributed by atoms with Gasteiger partial charge in [0.2, 0.25) is 0 Å². The third-order valence-electron chi connectivity index (χ3n) is 3.85. The molecule has 1 fully saturated rings. The molecule has 1 aliphatic heterocycles. The molecule has 0 N–H and O–H groups in total. The molecular formula is C15H18BrNO6S. The van der Waals surface area contributed by atoms with E-state index in [1.165, 1.54) is 18.1 Å². The van der Waals surface area contributed by atoms with Crippen molar-refractivity contribution in [1.29, 1.82) is 0 Å². The molecule has 1 aromatic carbocycles. The van der Waals surface area contributed by atoms with Crippen molar-refractivity contribution in [2.75, 3.05) is 32.3 Å². The molecule has 1 aliphatic rings. The standard InChI is InChI=1S/C15H18BrNO6S/c1-17(11-5-6-24(20,21)9-11)14(18)8-23-13-4-3-10(7-12(13)16)15(19)22-2/h3-4,7,11H,5-6,8-9H2,1-2H3. The van der Waals surface area contributed by atoms with Gasteiger partial charge in [0, 0.05) is 13.1 Å². The number of nitrogens with zero attached hydrogens (tertiary/aromatic N) is 1. The molecule has 0 saturated carbocycles. The number of esters is 1. The highest BCUT2D eigenvalue weighted by atomic mass is 79.9. The van der Waals surface area contributed by atoms with Crippen LogP contribution < -0.4 is 4.74 Å². The minimum Gasteiger partial charge on any atom is -0.483 e. The van der Waals surface area contributed by atoms with E-state index in [0.717, 1.165) is 0 Å². The molecule has 7 nitrogen and oxygen atoms in total. The second kappa shape index (κ2) is 7.52. The molecule has 24 heavy (non-hydrogen) atoms. The van der Waals surface area contributed by atoms with E-state index in [-0.39, 0.29) is 30.1 Å². The third-order valence-corrected chi connectivity index (χ3v) is 6.22. The summed E-state index contributed by atoms with van der Waals surface area (Å²) in [4.78, 5) is 25.0. The zero-order valence-corrected chi connectivity index (χ0v) is 15.7. The van der Waals surface area contributed by atoms with E-state index in [1.807, 2.05) is 0 Å². The van der Waals surface area contributed by atoms with Crippen LogP contribution in [0.2, 0.25) is 0 Å². The lowest BCUT2D eigenvalue weighted by atomic mass is 10.2. The van der Waals surface area contributed by atoms with E-state index in [4.69, 9.17) is 4.74 Å². The highest BCUT2D eigenvalue weighted by Gasteiger charge is 2.32. The molecule has 132 valence electrons. The van der Waals surface area contributed by atoms with Crippen LogP contribution in [-0.2, 0) is 19.4 Å². The fourth-order valence-corrected chi connectivity index (χ4v) is 4.66. The highest BCUT2D eigenvalue weighted by molar-refractivity contribution is 9.10. The number of ether oxygens (including phenoxy) is 2. The van der Waals surface area contributed by atoms with Crippen LogP contribution >= 0.6 is 15.9 Å². The minimum absolute atomic E-state index is 0.00718. The van der Waals surface area contributed by atoms with Crippen LogP contribution in [0.3, 0.4) is 0 Å². The quantitative estimate of drug-likeness (QED) is 0.667. The topological polar surface area (TPSA) is 90.0 Å². The molecular weight excluding hydrogens is 402 g/mol. The first-order valence-corrected chi connectivity index (χ1v) is 9.81. The summed E-state index contributed by atoms with van der Waals surface area (Å²) in [5.74, 6) is -0.270. The Morgan fingerprint density at radius 1 is 1.38 bits per heavy atom. The third kappa shape index (κ3) is 4.47. The number of sulfone groups is 1. The molecule has 2 rings (SSSR count). The molecule has 0 aromatic heterocycles. The van der Waals surface area contributed by atoms with Gasteiger partial charge in [-0.1, -0.05) is 0 Å². The number of hydrogen-bond acceptors (Lipinski definition) is 6. The Morgan fingerprint density at radius 3 is 2.62 bits per heavy atom. The summed E-state index contributed by atoms with van der Waals surface area (Å²) < 4.78 is 33.6. The minimum atomic E-state index is -3.05. The van der Waals surface area contributed by atoms with Gasteiger partial charge in [-0.25, -0.2) is 13.2 Å². The molecule has 1 amide bonds. The summed E-state index contributed by atoms with van der Waals surface area (Å²) in [5, 5.41) is 0. The van der Waals surface area contributed by atoms with Gasteiger partial charge in [-0.15, -0.1) is 0 Å². The monoisotopic (exact) mass is 419 g/mol. The summed E-state index contributed by atoms with van der Waals surface area (Å²) in [6.45, 7) is -0.219. The summed E-state index contributed by atoms with van der Waals surface area (Å²) in [6.07, 6.45) is 0.447. The number of amides is 1. The molecule has 9 heteroatoms. The van der Waals surface area contributed by atoms with Crippen molar-refractivity contribution >= 4 is 37.6 Å². The van der Waals surface area contributed by atoms with Gasteiger partial charge < -0.3 is 14.4 Å². The van der Waals surface area contributed by atoms with Gasteiger partial charge in [0.25, 0.3) is 5.91 Å². The number of hydrogen-bond donors (Lipinski definition) is 0. The lowest BCUT2D eigenvalue weighted by Gasteiger charge is -2.23. The van der Waals surface area contributed by atoms with Crippen LogP contribution in [0.1, 0.15) is 16.8 Å². The number of likely N-dealkylation sites (N-methyl/N-ethyl adjacent to an activating group) is 1. The molecule has 1 saturated heterocycles. The summed E-state index contributed by atoms with van der Waals surface area (Å²) >= 11 is 3.28. The van der Waals surface area contributed by atoms with Gasteiger partial charge in [-0.05, 0) is 40.5 Å². The van der Waals surface area contributed by atoms with Crippen molar-refractivity contribution in [3.8, 4) is 5.75 Å². The molecule has 1 atom stereocenters. The van der Waals surface area contributed by atoms with Crippen LogP contribution in [0, 0.1) is 0 Å². The lowest BCUT2D eigenvalue weighted by molar-refractivity contribution is -0.133. The first-order chi connectivity index (χ1) is 11.2. The average Bonchev–Trinajstić information content (AvgIpc) is 2.91. The normalized spacial score (nSPS) is 18.9. The van der Waals surface area contributed by atoms with Gasteiger partial charge in [-0.2, -0.15) is 0 Å². The molecule has 1 unspecified atom stereocenters. The Morgan fingerprint density at radius 2 is 2.08 bits per heavy atom. The number of rotatable bonds is 5. The predicted octanol–water partition coefficient (Wildman–Crippen LogP) is 1.26. The van der Waals surface area contributed by atoms with Gasteiger partial charge in [-0.3, -0.25) is 4.79 Å². The molecule has 0 radical (unpaired) electrons. The van der Waals surface area contributed by atoms with E-state index in [2.05, 4.69) is 20.7 Å². The van der Waals surface area contributed by atoms with Crippen LogP contribution in [0.5, 0.6) is 5.75 Å². The fourth-order valence-electron chi connectivity index (χ4n) is 2.39. The van der Waals surface area contributed by atoms with Crippen LogP contribution in [0.15, 0.2) is 22.7 Å². The first-order valence-electron chi connectivity index (χ1n) is 7.20. The van der Waals surface area contributed by atoms with Crippen LogP contribution in [0.25, 0.3) is 0 Å². The van der Waals surface area contributed by atoms with Crippen LogP contribution in [0.4, 0.5) is 0 Å². The molecule has 0 aliphatic carbocycles. The fraction of sp³-hybridized carbons (Fsp3) is 0.467. The number of halogens is 1. The number of carbonyl (C=O) groups is 2. The Balaban J connectivity index is 1.95. The Labute approximate surface area is 149 Å². The van der Waals surface area contributed by atoms with Crippen molar-refractivity contribution in [2.24, 2.45) is 0 Å². The van der Waals surface area contributed by atoms with Crippen molar-refractivity contribution < 1.29 is 27.5 Å². The highest BCUT2D eigenvalue weighted by Crippen LogP contribution is 2.26. The maximum Gasteiger partial charge on any atom is 0.337 e. The average molecular weight is 420 g/mol. The van der Waals surface area contributed by atoms with Gasteiger partial charge in [0.15, 0.2) is 16.4 Å². The Kier molecular flexibility index (Phi) is 5.87. The molecule has 1 aromatic rings. The SMILES string of the molecule is COC(=O)c1ccc(OCC(=O)N(C)C2CCS(=O)(=O)C2)c(Br)c1. The zero-order valence-electron chi connectivity index (χ0n) is 13.3.